The lowest BCUT2D eigenvalue weighted by Crippen LogP contribution is -2.59. The summed E-state index contributed by atoms with van der Waals surface area (Å²) in [4.78, 5) is 28.0. The Labute approximate surface area is 216 Å². The Bertz CT molecular complexity index is 1640. The Balaban J connectivity index is 1.27. The molecule has 0 radical (unpaired) electrons. The zero-order chi connectivity index (χ0) is 26.2. The predicted octanol–water partition coefficient (Wildman–Crippen LogP) is 4.47. The number of hydrogen-bond acceptors (Lipinski definition) is 5. The monoisotopic (exact) mass is 516 g/mol. The molecule has 8 nitrogen and oxygen atoms in total. The Morgan fingerprint density at radius 3 is 2.45 bits per heavy atom. The summed E-state index contributed by atoms with van der Waals surface area (Å²) in [5.74, 6) is -1.15. The molecular weight excluding hydrogens is 490 g/mol. The maximum Gasteiger partial charge on any atom is 0.276 e. The van der Waals surface area contributed by atoms with Crippen LogP contribution in [0.1, 0.15) is 43.1 Å². The van der Waals surface area contributed by atoms with E-state index in [9.17, 15) is 18.4 Å². The van der Waals surface area contributed by atoms with Gasteiger partial charge in [-0.3, -0.25) is 14.3 Å². The van der Waals surface area contributed by atoms with Crippen LogP contribution in [-0.4, -0.2) is 38.6 Å². The number of benzene rings is 2. The van der Waals surface area contributed by atoms with Gasteiger partial charge >= 0.3 is 0 Å². The molecule has 0 spiro atoms. The van der Waals surface area contributed by atoms with Crippen molar-refractivity contribution in [1.29, 1.82) is 0 Å². The number of hydrogen-bond donors (Lipinski definition) is 1. The van der Waals surface area contributed by atoms with Gasteiger partial charge in [-0.05, 0) is 67.9 Å². The van der Waals surface area contributed by atoms with Crippen molar-refractivity contribution in [3.8, 4) is 5.69 Å². The molecule has 38 heavy (non-hydrogen) atoms. The Morgan fingerprint density at radius 2 is 1.79 bits per heavy atom. The van der Waals surface area contributed by atoms with Crippen LogP contribution in [0.4, 0.5) is 20.2 Å². The molecule has 1 atom stereocenters. The van der Waals surface area contributed by atoms with Crippen molar-refractivity contribution >= 4 is 28.2 Å². The van der Waals surface area contributed by atoms with E-state index in [0.29, 0.717) is 16.3 Å². The summed E-state index contributed by atoms with van der Waals surface area (Å²) in [5, 5.41) is 12.8. The van der Waals surface area contributed by atoms with E-state index >= 15 is 0 Å². The Hall–Kier alpha value is -4.08. The molecule has 4 aliphatic rings. The zero-order valence-electron chi connectivity index (χ0n) is 20.8. The molecule has 1 aliphatic heterocycles. The lowest BCUT2D eigenvalue weighted by atomic mass is 9.50. The summed E-state index contributed by atoms with van der Waals surface area (Å²) < 4.78 is 31.4. The van der Waals surface area contributed by atoms with Crippen LogP contribution in [0.25, 0.3) is 16.6 Å². The fourth-order valence-electron chi connectivity index (χ4n) is 6.19. The lowest BCUT2D eigenvalue weighted by molar-refractivity contribution is -0.0973. The van der Waals surface area contributed by atoms with Crippen LogP contribution in [0.5, 0.6) is 0 Å². The van der Waals surface area contributed by atoms with Gasteiger partial charge in [-0.1, -0.05) is 13.0 Å². The Kier molecular flexibility index (Phi) is 4.98. The summed E-state index contributed by atoms with van der Waals surface area (Å²) in [6.45, 7) is 3.92. The minimum Gasteiger partial charge on any atom is -0.369 e. The fourth-order valence-corrected chi connectivity index (χ4v) is 6.19. The molecule has 3 saturated carbocycles. The lowest BCUT2D eigenvalue weighted by Gasteiger charge is -2.61. The molecule has 1 saturated heterocycles. The first-order chi connectivity index (χ1) is 18.3. The van der Waals surface area contributed by atoms with E-state index in [4.69, 9.17) is 5.10 Å². The van der Waals surface area contributed by atoms with Gasteiger partial charge in [-0.15, -0.1) is 0 Å². The van der Waals surface area contributed by atoms with Gasteiger partial charge in [0.2, 0.25) is 0 Å². The molecule has 2 aromatic carbocycles. The van der Waals surface area contributed by atoms with E-state index < -0.39 is 28.8 Å². The van der Waals surface area contributed by atoms with Gasteiger partial charge in [0.15, 0.2) is 11.6 Å². The van der Waals surface area contributed by atoms with Crippen LogP contribution in [0.2, 0.25) is 0 Å². The van der Waals surface area contributed by atoms with Crippen molar-refractivity contribution in [2.75, 3.05) is 23.3 Å². The third-order valence-corrected chi connectivity index (χ3v) is 8.32. The van der Waals surface area contributed by atoms with E-state index in [-0.39, 0.29) is 11.2 Å². The first-order valence-electron chi connectivity index (χ1n) is 13.0. The van der Waals surface area contributed by atoms with Crippen LogP contribution in [0.15, 0.2) is 53.5 Å². The average molecular weight is 517 g/mol. The molecule has 194 valence electrons. The quantitative estimate of drug-likeness (QED) is 0.423. The van der Waals surface area contributed by atoms with E-state index in [1.54, 1.807) is 0 Å². The highest BCUT2D eigenvalue weighted by Gasteiger charge is 2.58. The molecule has 1 N–H and O–H groups in total. The number of rotatable bonds is 5. The maximum atomic E-state index is 14.4. The molecule has 3 aliphatic carbocycles. The van der Waals surface area contributed by atoms with Crippen LogP contribution < -0.4 is 15.8 Å². The molecule has 10 heteroatoms. The van der Waals surface area contributed by atoms with Crippen LogP contribution >= 0.6 is 0 Å². The normalized spacial score (nSPS) is 23.8. The van der Waals surface area contributed by atoms with Gasteiger partial charge in [0, 0.05) is 30.7 Å². The molecule has 1 amide bonds. The smallest absolute Gasteiger partial charge is 0.276 e. The van der Waals surface area contributed by atoms with Gasteiger partial charge in [0.25, 0.3) is 11.5 Å². The average Bonchev–Trinajstić information content (AvgIpc) is 3.44. The highest BCUT2D eigenvalue weighted by atomic mass is 19.1. The number of carbonyl (C=O) groups is 1. The maximum absolute atomic E-state index is 14.4. The minimum absolute atomic E-state index is 0.141. The second kappa shape index (κ2) is 8.21. The zero-order valence-corrected chi connectivity index (χ0v) is 20.8. The van der Waals surface area contributed by atoms with Gasteiger partial charge in [-0.25, -0.2) is 8.78 Å². The number of carbonyl (C=O) groups excluding carboxylic acids is 1. The van der Waals surface area contributed by atoms with E-state index in [1.807, 2.05) is 12.1 Å². The van der Waals surface area contributed by atoms with E-state index in [1.165, 1.54) is 31.4 Å². The van der Waals surface area contributed by atoms with Crippen molar-refractivity contribution in [1.82, 2.24) is 19.6 Å². The summed E-state index contributed by atoms with van der Waals surface area (Å²) >= 11 is 0. The predicted molar refractivity (Wildman–Crippen MR) is 139 cm³/mol. The van der Waals surface area contributed by atoms with Gasteiger partial charge < -0.3 is 10.2 Å². The standard InChI is InChI=1S/C28H26F2N6O2/c1-16-9-10-34(14-16)25-18-15-35(28-11-17(12-28)13-28)32-21(18)5-6-22(25)31-27(38)23-7-8-24(37)36(33-23)26-19(29)3-2-4-20(26)30/h2-8,15-17H,9-14H2,1H3,(H,31,38)/t16-,17?,28?/m0/s1. The van der Waals surface area contributed by atoms with Crippen molar-refractivity contribution < 1.29 is 13.6 Å². The SMILES string of the molecule is C[C@H]1CCN(c2c(NC(=O)c3ccc(=O)n(-c4c(F)cccc4F)n3)ccc3nn(C45CC(C4)C5)cc23)C1. The summed E-state index contributed by atoms with van der Waals surface area (Å²) in [6.07, 6.45) is 6.67. The topological polar surface area (TPSA) is 85.1 Å². The number of nitrogens with one attached hydrogen (secondary N) is 1. The fraction of sp³-hybridized carbons (Fsp3) is 0.357. The van der Waals surface area contributed by atoms with E-state index in [2.05, 4.69) is 33.1 Å². The van der Waals surface area contributed by atoms with Crippen molar-refractivity contribution in [2.24, 2.45) is 11.8 Å². The molecule has 0 unspecified atom stereocenters. The Morgan fingerprint density at radius 1 is 1.03 bits per heavy atom. The highest BCUT2D eigenvalue weighted by Crippen LogP contribution is 2.62. The van der Waals surface area contributed by atoms with Gasteiger partial charge in [-0.2, -0.15) is 14.9 Å². The number of amides is 1. The number of aromatic nitrogens is 4. The molecule has 4 aromatic rings. The van der Waals surface area contributed by atoms with Crippen molar-refractivity contribution in [3.05, 3.63) is 76.3 Å². The summed E-state index contributed by atoms with van der Waals surface area (Å²) in [7, 11) is 0. The van der Waals surface area contributed by atoms with Crippen LogP contribution in [0, 0.1) is 23.5 Å². The first-order valence-corrected chi connectivity index (χ1v) is 13.0. The molecule has 4 fully saturated rings. The second-order valence-corrected chi connectivity index (χ2v) is 11.0. The van der Waals surface area contributed by atoms with E-state index in [0.717, 1.165) is 60.2 Å². The van der Waals surface area contributed by atoms with Gasteiger partial charge in [0.05, 0.1) is 22.4 Å². The number of halogens is 2. The molecule has 8 rings (SSSR count). The number of nitrogens with zero attached hydrogens (tertiary/aromatic N) is 5. The largest absolute Gasteiger partial charge is 0.369 e. The molecule has 3 heterocycles. The second-order valence-electron chi connectivity index (χ2n) is 11.0. The van der Waals surface area contributed by atoms with Crippen LogP contribution in [-0.2, 0) is 5.54 Å². The van der Waals surface area contributed by atoms with Crippen molar-refractivity contribution in [3.63, 3.8) is 0 Å². The molecular formula is C28H26F2N6O2. The molecule has 2 bridgehead atoms. The van der Waals surface area contributed by atoms with Crippen LogP contribution in [0.3, 0.4) is 0 Å². The van der Waals surface area contributed by atoms with Crippen molar-refractivity contribution in [2.45, 2.75) is 38.1 Å². The number of anilines is 2. The number of para-hydroxylation sites is 1. The number of fused-ring (bicyclic) bond motifs is 1. The third kappa shape index (κ3) is 3.46. The molecule has 2 aromatic heterocycles. The summed E-state index contributed by atoms with van der Waals surface area (Å²) in [6, 6.07) is 9.33. The first kappa shape index (κ1) is 23.1. The third-order valence-electron chi connectivity index (χ3n) is 8.32. The van der Waals surface area contributed by atoms with Gasteiger partial charge in [0.1, 0.15) is 11.4 Å². The summed E-state index contributed by atoms with van der Waals surface area (Å²) in [5.41, 5.74) is 1.02. The highest BCUT2D eigenvalue weighted by molar-refractivity contribution is 6.08. The minimum atomic E-state index is -0.950.